The highest BCUT2D eigenvalue weighted by Gasteiger charge is 2.86. The summed E-state index contributed by atoms with van der Waals surface area (Å²) < 4.78 is 83.6. The van der Waals surface area contributed by atoms with Crippen LogP contribution in [-0.4, -0.2) is 100 Å². The van der Waals surface area contributed by atoms with Gasteiger partial charge < -0.3 is 56.8 Å². The summed E-state index contributed by atoms with van der Waals surface area (Å²) in [5, 5.41) is 0. The Kier molecular flexibility index (Phi) is 19.0. The fourth-order valence-electron chi connectivity index (χ4n) is 8.97. The Hall–Kier alpha value is -1.84. The minimum atomic E-state index is -1.83. The van der Waals surface area contributed by atoms with E-state index in [2.05, 4.69) is 0 Å². The molecule has 4 atom stereocenters. The predicted octanol–water partition coefficient (Wildman–Crippen LogP) is 8.81. The molecule has 0 amide bonds. The molecule has 0 spiro atoms. The van der Waals surface area contributed by atoms with Crippen LogP contribution in [0.2, 0.25) is 0 Å². The summed E-state index contributed by atoms with van der Waals surface area (Å²) in [6.07, 6.45) is 10.8. The van der Waals surface area contributed by atoms with Gasteiger partial charge in [0.2, 0.25) is 11.6 Å². The van der Waals surface area contributed by atoms with E-state index in [1.807, 2.05) is 135 Å². The second-order valence-corrected chi connectivity index (χ2v) is 13.7. The Morgan fingerprint density at radius 3 is 0.927 bits per heavy atom. The van der Waals surface area contributed by atoms with E-state index in [-0.39, 0.29) is 66.1 Å². The second-order valence-electron chi connectivity index (χ2n) is 13.7. The van der Waals surface area contributed by atoms with Crippen LogP contribution in [0.15, 0.2) is 48.3 Å². The quantitative estimate of drug-likeness (QED) is 0.0618. The molecule has 0 aromatic carbocycles. The van der Waals surface area contributed by atoms with E-state index >= 15 is 0 Å². The summed E-state index contributed by atoms with van der Waals surface area (Å²) >= 11 is 0. The van der Waals surface area contributed by atoms with E-state index in [0.717, 1.165) is 0 Å². The van der Waals surface area contributed by atoms with Crippen LogP contribution >= 0.6 is 0 Å². The maximum atomic E-state index is 7.32. The van der Waals surface area contributed by atoms with Crippen molar-refractivity contribution in [2.75, 3.05) is 66.1 Å². The molecule has 2 aliphatic carbocycles. The molecule has 2 aliphatic rings. The van der Waals surface area contributed by atoms with Crippen LogP contribution in [0.25, 0.3) is 0 Å². The highest BCUT2D eigenvalue weighted by molar-refractivity contribution is 5.40. The maximum Gasteiger partial charge on any atom is 0.259 e. The van der Waals surface area contributed by atoms with Crippen molar-refractivity contribution < 1.29 is 56.8 Å². The highest BCUT2D eigenvalue weighted by atomic mass is 16.8. The standard InChI is InChI=1S/C43H76O12/c1-17-29-44-35-31-38(46-19-3,42(52-25-9,53-26-10)40(33(35)13,48-21-5)49-22-6)37(15,16)39(47-20-4)32-36(45-30-18-2)34(14)41(50-23-7,51-24-8)43(39,54-27-11)55-28-12/h17-18,29-34H,19-28H2,1-16H3. The highest BCUT2D eigenvalue weighted by Crippen LogP contribution is 2.68. The number of rotatable bonds is 26. The topological polar surface area (TPSA) is 111 Å². The Morgan fingerprint density at radius 2 is 0.709 bits per heavy atom. The Bertz CT molecular complexity index is 1160. The monoisotopic (exact) mass is 785 g/mol. The van der Waals surface area contributed by atoms with Gasteiger partial charge in [-0.15, -0.1) is 0 Å². The normalized spacial score (nSPS) is 27.3. The molecule has 0 fully saturated rings. The molecule has 0 radical (unpaired) electrons. The fraction of sp³-hybridized carbons (Fsp3) is 0.814. The van der Waals surface area contributed by atoms with Gasteiger partial charge in [0.05, 0.1) is 24.4 Å². The molecule has 320 valence electrons. The minimum absolute atomic E-state index is 0.198. The zero-order valence-electron chi connectivity index (χ0n) is 37.1. The zero-order chi connectivity index (χ0) is 41.6. The third kappa shape index (κ3) is 7.75. The van der Waals surface area contributed by atoms with Crippen molar-refractivity contribution in [3.8, 4) is 0 Å². The van der Waals surface area contributed by atoms with Crippen molar-refractivity contribution in [2.24, 2.45) is 17.3 Å². The van der Waals surface area contributed by atoms with Crippen LogP contribution in [0.1, 0.15) is 111 Å². The summed E-state index contributed by atoms with van der Waals surface area (Å²) in [6.45, 7) is 33.2. The van der Waals surface area contributed by atoms with Crippen LogP contribution in [0.5, 0.6) is 0 Å². The summed E-state index contributed by atoms with van der Waals surface area (Å²) in [6, 6.07) is 0. The van der Waals surface area contributed by atoms with Crippen LogP contribution in [-0.2, 0) is 56.8 Å². The predicted molar refractivity (Wildman–Crippen MR) is 213 cm³/mol. The van der Waals surface area contributed by atoms with Crippen LogP contribution < -0.4 is 0 Å². The van der Waals surface area contributed by atoms with Crippen molar-refractivity contribution >= 4 is 0 Å². The molecule has 55 heavy (non-hydrogen) atoms. The van der Waals surface area contributed by atoms with E-state index in [4.69, 9.17) is 56.8 Å². The number of hydrogen-bond donors (Lipinski definition) is 0. The summed E-state index contributed by atoms with van der Waals surface area (Å²) in [7, 11) is 0. The van der Waals surface area contributed by atoms with Crippen LogP contribution in [0.4, 0.5) is 0 Å². The molecule has 0 saturated carbocycles. The van der Waals surface area contributed by atoms with Crippen molar-refractivity contribution in [3.63, 3.8) is 0 Å². The van der Waals surface area contributed by atoms with E-state index in [9.17, 15) is 0 Å². The number of hydrogen-bond acceptors (Lipinski definition) is 12. The Labute approximate surface area is 333 Å². The summed E-state index contributed by atoms with van der Waals surface area (Å²) in [4.78, 5) is 0. The average molecular weight is 785 g/mol. The first-order valence-electron chi connectivity index (χ1n) is 20.7. The molecule has 0 aromatic rings. The molecular weight excluding hydrogens is 708 g/mol. The smallest absolute Gasteiger partial charge is 0.259 e. The van der Waals surface area contributed by atoms with Gasteiger partial charge in [-0.05, 0) is 109 Å². The van der Waals surface area contributed by atoms with Crippen LogP contribution in [0.3, 0.4) is 0 Å². The lowest BCUT2D eigenvalue weighted by molar-refractivity contribution is -0.505. The van der Waals surface area contributed by atoms with Crippen LogP contribution in [0, 0.1) is 17.3 Å². The van der Waals surface area contributed by atoms with Gasteiger partial charge in [0.25, 0.3) is 11.6 Å². The molecule has 0 aliphatic heterocycles. The van der Waals surface area contributed by atoms with Crippen molar-refractivity contribution in [3.05, 3.63) is 48.3 Å². The van der Waals surface area contributed by atoms with E-state index in [1.165, 1.54) is 0 Å². The minimum Gasteiger partial charge on any atom is -0.469 e. The van der Waals surface area contributed by atoms with Crippen molar-refractivity contribution in [1.29, 1.82) is 0 Å². The third-order valence-corrected chi connectivity index (χ3v) is 10.7. The lowest BCUT2D eigenvalue weighted by atomic mass is 9.51. The van der Waals surface area contributed by atoms with Crippen molar-refractivity contribution in [2.45, 2.75) is 145 Å². The lowest BCUT2D eigenvalue weighted by Gasteiger charge is -2.70. The van der Waals surface area contributed by atoms with E-state index < -0.39 is 51.6 Å². The van der Waals surface area contributed by atoms with Gasteiger partial charge in [-0.25, -0.2) is 0 Å². The molecular formula is C43H76O12. The maximum absolute atomic E-state index is 7.32. The fourth-order valence-corrected chi connectivity index (χ4v) is 8.97. The zero-order valence-corrected chi connectivity index (χ0v) is 37.1. The first-order valence-corrected chi connectivity index (χ1v) is 20.7. The average Bonchev–Trinajstić information content (AvgIpc) is 3.15. The number of ether oxygens (including phenoxy) is 12. The SMILES string of the molecule is CC=COC1=CC(OCC)(C(C)(C)C2(OCC)C=C(OC=CC)C(C)C(OCC)(OCC)C2(OCC)OCC)C(OCC)(OCC)C(OCC)(OCC)C1C. The number of allylic oxidation sites excluding steroid dienone is 2. The van der Waals surface area contributed by atoms with Gasteiger partial charge in [-0.2, -0.15) is 0 Å². The van der Waals surface area contributed by atoms with E-state index in [0.29, 0.717) is 11.5 Å². The molecule has 4 unspecified atom stereocenters. The van der Waals surface area contributed by atoms with Gasteiger partial charge in [0.1, 0.15) is 11.5 Å². The first kappa shape index (κ1) is 49.3. The third-order valence-electron chi connectivity index (χ3n) is 10.7. The molecule has 0 N–H and O–H groups in total. The Morgan fingerprint density at radius 1 is 0.455 bits per heavy atom. The van der Waals surface area contributed by atoms with Gasteiger partial charge in [-0.1, -0.05) is 26.0 Å². The van der Waals surface area contributed by atoms with Gasteiger partial charge in [-0.3, -0.25) is 0 Å². The molecule has 0 bridgehead atoms. The van der Waals surface area contributed by atoms with Gasteiger partial charge in [0, 0.05) is 71.5 Å². The molecule has 0 aromatic heterocycles. The van der Waals surface area contributed by atoms with Crippen molar-refractivity contribution in [1.82, 2.24) is 0 Å². The van der Waals surface area contributed by atoms with Gasteiger partial charge in [0.15, 0.2) is 11.2 Å². The second kappa shape index (κ2) is 21.2. The molecule has 0 saturated heterocycles. The molecule has 12 nitrogen and oxygen atoms in total. The Balaban J connectivity index is 3.68. The molecule has 12 heteroatoms. The lowest BCUT2D eigenvalue weighted by Crippen LogP contribution is -2.87. The largest absolute Gasteiger partial charge is 0.469 e. The molecule has 2 rings (SSSR count). The summed E-state index contributed by atoms with van der Waals surface area (Å²) in [5.41, 5.74) is -4.79. The molecule has 0 heterocycles. The summed E-state index contributed by atoms with van der Waals surface area (Å²) in [5.74, 6) is -7.04. The van der Waals surface area contributed by atoms with E-state index in [1.54, 1.807) is 12.5 Å². The first-order chi connectivity index (χ1) is 26.3. The van der Waals surface area contributed by atoms with Gasteiger partial charge >= 0.3 is 0 Å².